The van der Waals surface area contributed by atoms with Gasteiger partial charge in [0.2, 0.25) is 0 Å². The summed E-state index contributed by atoms with van der Waals surface area (Å²) in [7, 11) is 1.84. The maximum atomic E-state index is 11.8. The van der Waals surface area contributed by atoms with Crippen LogP contribution >= 0.6 is 0 Å². The van der Waals surface area contributed by atoms with Crippen LogP contribution in [0.25, 0.3) is 34.7 Å². The number of carbonyl (C=O) groups is 1. The molecule has 0 aliphatic carbocycles. The van der Waals surface area contributed by atoms with Gasteiger partial charge in [-0.2, -0.15) is 0 Å². The number of amides is 1. The van der Waals surface area contributed by atoms with E-state index in [1.165, 1.54) is 12.4 Å². The van der Waals surface area contributed by atoms with Crippen molar-refractivity contribution < 1.29 is 14.7 Å². The van der Waals surface area contributed by atoms with Gasteiger partial charge in [0.25, 0.3) is 5.91 Å². The van der Waals surface area contributed by atoms with E-state index in [0.717, 1.165) is 16.8 Å². The zero-order chi connectivity index (χ0) is 26.4. The van der Waals surface area contributed by atoms with E-state index in [4.69, 9.17) is 24.9 Å². The van der Waals surface area contributed by atoms with Crippen LogP contribution in [-0.2, 0) is 23.1 Å². The molecule has 0 saturated carbocycles. The normalized spacial score (nSPS) is 14.2. The number of aliphatic imine (C=N–C) groups is 2. The van der Waals surface area contributed by atoms with Crippen molar-refractivity contribution in [3.63, 3.8) is 0 Å². The first kappa shape index (κ1) is 25.5. The third-order valence-electron chi connectivity index (χ3n) is 5.78. The molecule has 0 radical (unpaired) electrons. The molecule has 2 N–H and O–H groups in total. The summed E-state index contributed by atoms with van der Waals surface area (Å²) in [6, 6.07) is 1.93. The number of anilines is 1. The van der Waals surface area contributed by atoms with Gasteiger partial charge in [0.15, 0.2) is 22.8 Å². The number of morpholine rings is 1. The van der Waals surface area contributed by atoms with Crippen molar-refractivity contribution in [2.45, 2.75) is 6.54 Å². The highest BCUT2D eigenvalue weighted by atomic mass is 16.5. The zero-order valence-electron chi connectivity index (χ0n) is 20.5. The number of pyridine rings is 1. The van der Waals surface area contributed by atoms with Crippen molar-refractivity contribution in [1.82, 2.24) is 30.0 Å². The second-order valence-electron chi connectivity index (χ2n) is 8.01. The van der Waals surface area contributed by atoms with E-state index in [9.17, 15) is 4.79 Å². The van der Waals surface area contributed by atoms with Crippen molar-refractivity contribution in [3.8, 4) is 11.4 Å². The number of rotatable bonds is 9. The van der Waals surface area contributed by atoms with E-state index in [0.29, 0.717) is 54.9 Å². The van der Waals surface area contributed by atoms with Crippen LogP contribution < -0.4 is 10.4 Å². The minimum atomic E-state index is -0.749. The molecular weight excluding hydrogens is 474 g/mol. The van der Waals surface area contributed by atoms with Crippen LogP contribution in [-0.4, -0.2) is 74.9 Å². The molecule has 3 aromatic rings. The highest BCUT2D eigenvalue weighted by Gasteiger charge is 2.22. The first-order valence-corrected chi connectivity index (χ1v) is 11.4. The maximum Gasteiger partial charge on any atom is 0.277 e. The van der Waals surface area contributed by atoms with Crippen molar-refractivity contribution in [2.75, 3.05) is 31.2 Å². The summed E-state index contributed by atoms with van der Waals surface area (Å²) in [5, 5.41) is 8.90. The second kappa shape index (κ2) is 11.5. The third-order valence-corrected chi connectivity index (χ3v) is 5.78. The highest BCUT2D eigenvalue weighted by molar-refractivity contribution is 6.11. The molecule has 1 saturated heterocycles. The van der Waals surface area contributed by atoms with Crippen LogP contribution in [0.4, 0.5) is 5.82 Å². The number of fused-ring (bicyclic) bond motifs is 1. The lowest BCUT2D eigenvalue weighted by molar-refractivity contribution is -0.124. The van der Waals surface area contributed by atoms with Crippen LogP contribution in [0, 0.1) is 0 Å². The molecule has 1 amide bonds. The lowest BCUT2D eigenvalue weighted by Crippen LogP contribution is -2.37. The molecule has 12 heteroatoms. The Labute approximate surface area is 213 Å². The topological polar surface area (TPSA) is 143 Å². The number of ether oxygens (including phenoxy) is 1. The number of hydrogen-bond acceptors (Lipinski definition) is 10. The monoisotopic (exact) mass is 501 g/mol. The molecule has 190 valence electrons. The Morgan fingerprint density at radius 2 is 2.03 bits per heavy atom. The number of hydroxylamine groups is 1. The molecule has 3 aromatic heterocycles. The van der Waals surface area contributed by atoms with E-state index < -0.39 is 5.91 Å². The summed E-state index contributed by atoms with van der Waals surface area (Å²) >= 11 is 0. The molecule has 0 spiro atoms. The van der Waals surface area contributed by atoms with E-state index in [-0.39, 0.29) is 12.1 Å². The van der Waals surface area contributed by atoms with E-state index in [2.05, 4.69) is 39.7 Å². The fraction of sp³-hybridized carbons (Fsp3) is 0.240. The largest absolute Gasteiger partial charge is 0.378 e. The molecule has 4 heterocycles. The number of hydrogen-bond donors (Lipinski definition) is 2. The van der Waals surface area contributed by atoms with Crippen LogP contribution in [0.15, 0.2) is 47.2 Å². The van der Waals surface area contributed by atoms with Gasteiger partial charge in [0, 0.05) is 49.9 Å². The lowest BCUT2D eigenvalue weighted by Gasteiger charge is -2.28. The molecule has 0 aromatic carbocycles. The smallest absolute Gasteiger partial charge is 0.277 e. The Morgan fingerprint density at radius 3 is 2.70 bits per heavy atom. The quantitative estimate of drug-likeness (QED) is 0.197. The molecule has 4 rings (SSSR count). The summed E-state index contributed by atoms with van der Waals surface area (Å²) < 4.78 is 7.36. The van der Waals surface area contributed by atoms with Crippen LogP contribution in [0.1, 0.15) is 17.1 Å². The number of aryl methyl sites for hydroxylation is 1. The molecule has 0 bridgehead atoms. The van der Waals surface area contributed by atoms with Gasteiger partial charge in [0.1, 0.15) is 5.82 Å². The van der Waals surface area contributed by atoms with Gasteiger partial charge >= 0.3 is 0 Å². The molecule has 1 aliphatic heterocycles. The average Bonchev–Trinajstić information content (AvgIpc) is 3.26. The zero-order valence-corrected chi connectivity index (χ0v) is 20.5. The molecule has 37 heavy (non-hydrogen) atoms. The summed E-state index contributed by atoms with van der Waals surface area (Å²) in [6.07, 6.45) is 7.60. The van der Waals surface area contributed by atoms with Gasteiger partial charge in [-0.25, -0.2) is 20.4 Å². The van der Waals surface area contributed by atoms with E-state index >= 15 is 0 Å². The SMILES string of the molecule is C=Cc1cc(-c2nc(N3CCOCC3)c3nc(CN=C/C(=C\N=C)C(=O)NO)n(C)c3n2)cnc1C=C. The third kappa shape index (κ3) is 5.34. The van der Waals surface area contributed by atoms with Crippen molar-refractivity contribution in [2.24, 2.45) is 17.0 Å². The van der Waals surface area contributed by atoms with Gasteiger partial charge in [-0.05, 0) is 18.9 Å². The van der Waals surface area contributed by atoms with Gasteiger partial charge in [-0.3, -0.25) is 25.0 Å². The first-order valence-electron chi connectivity index (χ1n) is 11.4. The molecule has 1 fully saturated rings. The molecular formula is C25H27N9O3. The average molecular weight is 502 g/mol. The van der Waals surface area contributed by atoms with Gasteiger partial charge in [0.05, 0.1) is 31.0 Å². The Kier molecular flexibility index (Phi) is 7.91. The molecule has 12 nitrogen and oxygen atoms in total. The Morgan fingerprint density at radius 1 is 1.24 bits per heavy atom. The minimum Gasteiger partial charge on any atom is -0.378 e. The fourth-order valence-corrected chi connectivity index (χ4v) is 3.85. The number of aromatic nitrogens is 5. The summed E-state index contributed by atoms with van der Waals surface area (Å²) in [4.78, 5) is 40.7. The Balaban J connectivity index is 1.79. The highest BCUT2D eigenvalue weighted by Crippen LogP contribution is 2.29. The summed E-state index contributed by atoms with van der Waals surface area (Å²) in [5.41, 5.74) is 5.15. The Bertz CT molecular complexity index is 1420. The maximum absolute atomic E-state index is 11.8. The minimum absolute atomic E-state index is 0.0424. The predicted octanol–water partition coefficient (Wildman–Crippen LogP) is 2.21. The van der Waals surface area contributed by atoms with Gasteiger partial charge < -0.3 is 14.2 Å². The van der Waals surface area contributed by atoms with Crippen molar-refractivity contribution >= 4 is 48.0 Å². The van der Waals surface area contributed by atoms with E-state index in [1.807, 2.05) is 17.7 Å². The number of carbonyl (C=O) groups excluding carboxylic acids is 1. The van der Waals surface area contributed by atoms with Crippen LogP contribution in [0.2, 0.25) is 0 Å². The van der Waals surface area contributed by atoms with Crippen LogP contribution in [0.3, 0.4) is 0 Å². The molecule has 1 aliphatic rings. The molecule has 0 atom stereocenters. The van der Waals surface area contributed by atoms with Gasteiger partial charge in [-0.15, -0.1) is 0 Å². The number of imidazole rings is 1. The summed E-state index contributed by atoms with van der Waals surface area (Å²) in [6.45, 7) is 13.6. The van der Waals surface area contributed by atoms with Crippen LogP contribution in [0.5, 0.6) is 0 Å². The standard InChI is InChI=1S/C25H27N9O3/c1-5-16-11-17(14-28-19(16)6-2)22-30-23-21(24(31-22)34-7-9-37-10-8-34)29-20(33(23)4)15-27-13-18(12-26-3)25(35)32-36/h5-6,11-14,36H,1-3,7-10,15H2,4H3,(H,32,35)/b18-12+,27-13?. The predicted molar refractivity (Wildman–Crippen MR) is 143 cm³/mol. The molecule has 0 unspecified atom stereocenters. The lowest BCUT2D eigenvalue weighted by atomic mass is 10.1. The first-order chi connectivity index (χ1) is 18.0. The fourth-order valence-electron chi connectivity index (χ4n) is 3.85. The van der Waals surface area contributed by atoms with E-state index in [1.54, 1.807) is 23.8 Å². The summed E-state index contributed by atoms with van der Waals surface area (Å²) in [5.74, 6) is 1.05. The Hall–Kier alpha value is -4.55. The number of nitrogens with zero attached hydrogens (tertiary/aromatic N) is 8. The second-order valence-corrected chi connectivity index (χ2v) is 8.01. The van der Waals surface area contributed by atoms with Gasteiger partial charge in [-0.1, -0.05) is 19.2 Å². The van der Waals surface area contributed by atoms with Crippen molar-refractivity contribution in [3.05, 3.63) is 54.3 Å². The number of nitrogens with one attached hydrogen (secondary N) is 1. The van der Waals surface area contributed by atoms with Crippen molar-refractivity contribution in [1.29, 1.82) is 0 Å².